The van der Waals surface area contributed by atoms with Crippen LogP contribution in [-0.4, -0.2) is 28.8 Å². The normalized spacial score (nSPS) is 27.3. The SMILES string of the molecule is C[Si](C)(C)OC1CCCCCCCCC1O[Si](C)(C)C. The van der Waals surface area contributed by atoms with Crippen molar-refractivity contribution in [1.82, 2.24) is 0 Å². The molecule has 0 saturated heterocycles. The minimum Gasteiger partial charge on any atom is -0.412 e. The molecular formula is C16H36O2Si2. The highest BCUT2D eigenvalue weighted by atomic mass is 28.4. The minimum absolute atomic E-state index is 0.339. The molecule has 0 N–H and O–H groups in total. The van der Waals surface area contributed by atoms with Crippen LogP contribution in [0.15, 0.2) is 0 Å². The predicted molar refractivity (Wildman–Crippen MR) is 93.4 cm³/mol. The Balaban J connectivity index is 2.74. The molecule has 0 amide bonds. The van der Waals surface area contributed by atoms with E-state index in [4.69, 9.17) is 8.85 Å². The summed E-state index contributed by atoms with van der Waals surface area (Å²) in [6.45, 7) is 13.8. The third kappa shape index (κ3) is 8.60. The van der Waals surface area contributed by atoms with E-state index in [2.05, 4.69) is 39.3 Å². The van der Waals surface area contributed by atoms with Gasteiger partial charge in [0.25, 0.3) is 0 Å². The van der Waals surface area contributed by atoms with Crippen molar-refractivity contribution in [3.8, 4) is 0 Å². The molecule has 0 radical (unpaired) electrons. The average Bonchev–Trinajstić information content (AvgIpc) is 2.26. The summed E-state index contributed by atoms with van der Waals surface area (Å²) in [6, 6.07) is 0. The molecule has 0 heterocycles. The highest BCUT2D eigenvalue weighted by Gasteiger charge is 2.31. The molecule has 1 aliphatic rings. The van der Waals surface area contributed by atoms with Crippen molar-refractivity contribution in [1.29, 1.82) is 0 Å². The van der Waals surface area contributed by atoms with Crippen LogP contribution in [0.3, 0.4) is 0 Å². The van der Waals surface area contributed by atoms with Gasteiger partial charge in [-0.25, -0.2) is 0 Å². The molecule has 0 aromatic rings. The Labute approximate surface area is 128 Å². The topological polar surface area (TPSA) is 18.5 Å². The molecule has 0 spiro atoms. The molecule has 1 saturated carbocycles. The fourth-order valence-electron chi connectivity index (χ4n) is 2.95. The van der Waals surface area contributed by atoms with Gasteiger partial charge < -0.3 is 8.85 Å². The number of hydrogen-bond acceptors (Lipinski definition) is 2. The largest absolute Gasteiger partial charge is 0.412 e. The van der Waals surface area contributed by atoms with Gasteiger partial charge in [0.2, 0.25) is 0 Å². The van der Waals surface area contributed by atoms with E-state index in [-0.39, 0.29) is 0 Å². The summed E-state index contributed by atoms with van der Waals surface area (Å²) in [4.78, 5) is 0. The first kappa shape index (κ1) is 18.4. The van der Waals surface area contributed by atoms with Crippen LogP contribution in [0.1, 0.15) is 51.4 Å². The summed E-state index contributed by atoms with van der Waals surface area (Å²) in [5.41, 5.74) is 0. The van der Waals surface area contributed by atoms with Crippen molar-refractivity contribution < 1.29 is 8.85 Å². The van der Waals surface area contributed by atoms with Crippen LogP contribution in [0.2, 0.25) is 39.3 Å². The van der Waals surface area contributed by atoms with Crippen molar-refractivity contribution in [3.63, 3.8) is 0 Å². The second kappa shape index (κ2) is 8.11. The number of rotatable bonds is 4. The fraction of sp³-hybridized carbons (Fsp3) is 1.00. The monoisotopic (exact) mass is 316 g/mol. The smallest absolute Gasteiger partial charge is 0.184 e. The zero-order valence-corrected chi connectivity index (χ0v) is 16.6. The summed E-state index contributed by atoms with van der Waals surface area (Å²) in [6.07, 6.45) is 11.2. The summed E-state index contributed by atoms with van der Waals surface area (Å²) >= 11 is 0. The van der Waals surface area contributed by atoms with E-state index in [1.54, 1.807) is 0 Å². The highest BCUT2D eigenvalue weighted by molar-refractivity contribution is 6.70. The van der Waals surface area contributed by atoms with Gasteiger partial charge in [-0.1, -0.05) is 38.5 Å². The fourth-order valence-corrected chi connectivity index (χ4v) is 5.30. The van der Waals surface area contributed by atoms with Gasteiger partial charge in [0.15, 0.2) is 16.6 Å². The molecule has 120 valence electrons. The third-order valence-electron chi connectivity index (χ3n) is 3.65. The molecule has 2 nitrogen and oxygen atoms in total. The van der Waals surface area contributed by atoms with E-state index in [9.17, 15) is 0 Å². The van der Waals surface area contributed by atoms with Gasteiger partial charge >= 0.3 is 0 Å². The quantitative estimate of drug-likeness (QED) is 0.632. The van der Waals surface area contributed by atoms with E-state index in [0.29, 0.717) is 12.2 Å². The lowest BCUT2D eigenvalue weighted by Crippen LogP contribution is -2.44. The van der Waals surface area contributed by atoms with E-state index >= 15 is 0 Å². The summed E-state index contributed by atoms with van der Waals surface area (Å²) in [5, 5.41) is 0. The van der Waals surface area contributed by atoms with Crippen LogP contribution < -0.4 is 0 Å². The second-order valence-electron chi connectivity index (χ2n) is 8.24. The molecule has 2 atom stereocenters. The van der Waals surface area contributed by atoms with Gasteiger partial charge in [0, 0.05) is 0 Å². The molecule has 2 unspecified atom stereocenters. The Kier molecular flexibility index (Phi) is 7.46. The van der Waals surface area contributed by atoms with Crippen LogP contribution in [0.4, 0.5) is 0 Å². The van der Waals surface area contributed by atoms with Gasteiger partial charge in [-0.05, 0) is 52.1 Å². The molecule has 0 aromatic heterocycles. The van der Waals surface area contributed by atoms with Crippen LogP contribution in [0.5, 0.6) is 0 Å². The Morgan fingerprint density at radius 2 is 0.850 bits per heavy atom. The molecule has 1 aliphatic carbocycles. The first-order chi connectivity index (χ1) is 9.17. The van der Waals surface area contributed by atoms with Gasteiger partial charge in [-0.2, -0.15) is 0 Å². The average molecular weight is 317 g/mol. The van der Waals surface area contributed by atoms with Crippen LogP contribution >= 0.6 is 0 Å². The standard InChI is InChI=1S/C16H36O2Si2/c1-19(2,3)17-15-13-11-9-7-8-10-12-14-16(15)18-20(4,5)6/h15-16H,7-14H2,1-6H3. The van der Waals surface area contributed by atoms with Gasteiger partial charge in [-0.15, -0.1) is 0 Å². The third-order valence-corrected chi connectivity index (χ3v) is 5.67. The zero-order valence-electron chi connectivity index (χ0n) is 14.6. The summed E-state index contributed by atoms with van der Waals surface area (Å²) in [5.74, 6) is 0. The molecule has 0 aromatic carbocycles. The first-order valence-corrected chi connectivity index (χ1v) is 15.3. The second-order valence-corrected chi connectivity index (χ2v) is 17.2. The lowest BCUT2D eigenvalue weighted by atomic mass is 9.97. The van der Waals surface area contributed by atoms with Crippen molar-refractivity contribution >= 4 is 16.6 Å². The van der Waals surface area contributed by atoms with E-state index < -0.39 is 16.6 Å². The van der Waals surface area contributed by atoms with Crippen molar-refractivity contribution in [2.45, 2.75) is 103 Å². The Bertz CT molecular complexity index is 241. The van der Waals surface area contributed by atoms with E-state index in [1.165, 1.54) is 51.4 Å². The van der Waals surface area contributed by atoms with Gasteiger partial charge in [0.05, 0.1) is 12.2 Å². The number of hydrogen-bond donors (Lipinski definition) is 0. The van der Waals surface area contributed by atoms with Gasteiger partial charge in [0.1, 0.15) is 0 Å². The van der Waals surface area contributed by atoms with Crippen LogP contribution in [-0.2, 0) is 8.85 Å². The lowest BCUT2D eigenvalue weighted by molar-refractivity contribution is 0.0290. The van der Waals surface area contributed by atoms with Crippen molar-refractivity contribution in [2.75, 3.05) is 0 Å². The maximum Gasteiger partial charge on any atom is 0.184 e. The molecule has 0 aliphatic heterocycles. The molecular weight excluding hydrogens is 280 g/mol. The Morgan fingerprint density at radius 1 is 0.550 bits per heavy atom. The van der Waals surface area contributed by atoms with Crippen LogP contribution in [0.25, 0.3) is 0 Å². The summed E-state index contributed by atoms with van der Waals surface area (Å²) < 4.78 is 13.0. The van der Waals surface area contributed by atoms with E-state index in [1.807, 2.05) is 0 Å². The molecule has 0 bridgehead atoms. The molecule has 4 heteroatoms. The zero-order chi connectivity index (χ0) is 15.2. The maximum absolute atomic E-state index is 6.51. The highest BCUT2D eigenvalue weighted by Crippen LogP contribution is 2.26. The molecule has 20 heavy (non-hydrogen) atoms. The molecule has 1 rings (SSSR count). The van der Waals surface area contributed by atoms with Crippen molar-refractivity contribution in [3.05, 3.63) is 0 Å². The predicted octanol–water partition coefficient (Wildman–Crippen LogP) is 5.56. The molecule has 1 fully saturated rings. The maximum atomic E-state index is 6.51. The van der Waals surface area contributed by atoms with E-state index in [0.717, 1.165) is 0 Å². The minimum atomic E-state index is -1.49. The lowest BCUT2D eigenvalue weighted by Gasteiger charge is -2.37. The first-order valence-electron chi connectivity index (χ1n) is 8.53. The van der Waals surface area contributed by atoms with Gasteiger partial charge in [-0.3, -0.25) is 0 Å². The van der Waals surface area contributed by atoms with Crippen molar-refractivity contribution in [2.24, 2.45) is 0 Å². The Morgan fingerprint density at radius 3 is 1.15 bits per heavy atom. The Hall–Kier alpha value is 0.354. The van der Waals surface area contributed by atoms with Crippen LogP contribution in [0, 0.1) is 0 Å². The summed E-state index contributed by atoms with van der Waals surface area (Å²) in [7, 11) is -2.99.